The van der Waals surface area contributed by atoms with Crippen molar-refractivity contribution in [2.24, 2.45) is 0 Å². The molecule has 1 aliphatic carbocycles. The topological polar surface area (TPSA) is 96.9 Å². The van der Waals surface area contributed by atoms with Crippen molar-refractivity contribution >= 4 is 34.3 Å². The fraction of sp³-hybridized carbons (Fsp3) is 0.300. The third kappa shape index (κ3) is 7.00. The molecule has 250 valence electrons. The highest BCUT2D eigenvalue weighted by atomic mass is 16.4. The molecule has 0 bridgehead atoms. The van der Waals surface area contributed by atoms with E-state index in [9.17, 15) is 14.9 Å². The second kappa shape index (κ2) is 14.7. The van der Waals surface area contributed by atoms with Crippen LogP contribution in [0.3, 0.4) is 0 Å². The number of hydrogen-bond donors (Lipinski definition) is 0. The van der Waals surface area contributed by atoms with E-state index in [1.807, 2.05) is 30.3 Å². The minimum absolute atomic E-state index is 0.0902. The van der Waals surface area contributed by atoms with Gasteiger partial charge in [-0.05, 0) is 94.4 Å². The van der Waals surface area contributed by atoms with Gasteiger partial charge in [0, 0.05) is 79.3 Å². The van der Waals surface area contributed by atoms with Crippen LogP contribution in [0.5, 0.6) is 0 Å². The summed E-state index contributed by atoms with van der Waals surface area (Å²) in [7, 11) is 0. The van der Waals surface area contributed by atoms with Gasteiger partial charge in [0.25, 0.3) is 5.91 Å². The predicted molar refractivity (Wildman–Crippen MR) is 196 cm³/mol. The Bertz CT molecular complexity index is 2140. The first-order chi connectivity index (χ1) is 23.8. The second-order valence-corrected chi connectivity index (χ2v) is 12.1. The smallest absolute Gasteiger partial charge is 0.343 e. The number of hydrogen-bond acceptors (Lipinski definition) is 7. The number of nitrogens with zero attached hydrogens (tertiary/aromatic N) is 5. The lowest BCUT2D eigenvalue weighted by atomic mass is 10.1. The van der Waals surface area contributed by atoms with Gasteiger partial charge in [0.1, 0.15) is 41.8 Å². The lowest BCUT2D eigenvalue weighted by Gasteiger charge is -2.36. The first kappa shape index (κ1) is 33.3. The SMILES string of the molecule is CCN(CC)c1ccc2cc(/C=C(\C#N)C(=O)N3CCN(c4ccc(-c5ccc6ccc(=[N+](CC)CC)cc-6o5)cc4)CC3)c(=O)oc2c1. The third-order valence-corrected chi connectivity index (χ3v) is 9.37. The molecule has 2 aromatic carbocycles. The predicted octanol–water partition coefficient (Wildman–Crippen LogP) is 6.07. The van der Waals surface area contributed by atoms with Gasteiger partial charge in [0.05, 0.1) is 11.6 Å². The molecular formula is C40H42N5O4+. The van der Waals surface area contributed by atoms with E-state index in [0.29, 0.717) is 31.8 Å². The Hall–Kier alpha value is -5.62. The van der Waals surface area contributed by atoms with Crippen LogP contribution < -0.4 is 25.4 Å². The van der Waals surface area contributed by atoms with Crippen LogP contribution in [-0.2, 0) is 4.79 Å². The van der Waals surface area contributed by atoms with Crippen molar-refractivity contribution in [3.63, 3.8) is 0 Å². The van der Waals surface area contributed by atoms with Crippen molar-refractivity contribution in [2.75, 3.05) is 62.2 Å². The lowest BCUT2D eigenvalue weighted by molar-refractivity contribution is -0.126. The summed E-state index contributed by atoms with van der Waals surface area (Å²) in [4.78, 5) is 32.3. The van der Waals surface area contributed by atoms with Crippen LogP contribution in [0.4, 0.5) is 11.4 Å². The number of rotatable bonds is 9. The first-order valence-electron chi connectivity index (χ1n) is 17.1. The molecule has 49 heavy (non-hydrogen) atoms. The van der Waals surface area contributed by atoms with E-state index in [1.165, 1.54) is 6.08 Å². The second-order valence-electron chi connectivity index (χ2n) is 12.1. The molecule has 0 spiro atoms. The van der Waals surface area contributed by atoms with E-state index in [1.54, 1.807) is 11.0 Å². The fourth-order valence-corrected chi connectivity index (χ4v) is 6.48. The average molecular weight is 657 g/mol. The zero-order valence-corrected chi connectivity index (χ0v) is 28.6. The van der Waals surface area contributed by atoms with Gasteiger partial charge in [0.15, 0.2) is 0 Å². The number of anilines is 2. The molecule has 0 N–H and O–H groups in total. The summed E-state index contributed by atoms with van der Waals surface area (Å²) in [6.07, 6.45) is 1.35. The molecular weight excluding hydrogens is 614 g/mol. The molecule has 3 aliphatic rings. The maximum absolute atomic E-state index is 13.4. The molecule has 1 amide bonds. The van der Waals surface area contributed by atoms with Crippen LogP contribution in [0.1, 0.15) is 33.3 Å². The van der Waals surface area contributed by atoms with Gasteiger partial charge in [-0.3, -0.25) is 4.79 Å². The van der Waals surface area contributed by atoms with Crippen molar-refractivity contribution in [2.45, 2.75) is 27.7 Å². The molecule has 2 aliphatic heterocycles. The average Bonchev–Trinajstić information content (AvgIpc) is 3.14. The molecule has 1 fully saturated rings. The standard InChI is InChI=1S/C40H42N5O4/c1-5-42(6-2)34-16-11-29-13-18-36(48-37(29)25-34)28-9-14-33(15-10-28)44-19-21-45(22-20-44)39(46)32(27-41)24-31-23-30-12-17-35(43(7-3)8-4)26-38(30)49-40(31)47/h9-18,23-26H,5-8,19-22H2,1-4H3/q+1/b32-24+. The molecule has 0 unspecified atom stereocenters. The zero-order valence-electron chi connectivity index (χ0n) is 28.6. The summed E-state index contributed by atoms with van der Waals surface area (Å²) in [6, 6.07) is 28.1. The van der Waals surface area contributed by atoms with E-state index in [0.717, 1.165) is 70.9 Å². The minimum Gasteiger partial charge on any atom is -0.456 e. The Kier molecular flexibility index (Phi) is 9.95. The summed E-state index contributed by atoms with van der Waals surface area (Å²) in [5.41, 5.74) is 4.03. The highest BCUT2D eigenvalue weighted by Crippen LogP contribution is 2.29. The summed E-state index contributed by atoms with van der Waals surface area (Å²) in [5.74, 6) is 1.26. The monoisotopic (exact) mass is 656 g/mol. The van der Waals surface area contributed by atoms with Gasteiger partial charge in [-0.25, -0.2) is 9.37 Å². The number of amides is 1. The molecule has 6 rings (SSSR count). The van der Waals surface area contributed by atoms with Crippen molar-refractivity contribution in [1.82, 2.24) is 9.48 Å². The van der Waals surface area contributed by atoms with E-state index in [-0.39, 0.29) is 11.1 Å². The van der Waals surface area contributed by atoms with Crippen LogP contribution in [0.2, 0.25) is 0 Å². The number of nitriles is 1. The quantitative estimate of drug-likeness (QED) is 0.0822. The molecule has 3 heterocycles. The van der Waals surface area contributed by atoms with Gasteiger partial charge in [-0.1, -0.05) is 0 Å². The van der Waals surface area contributed by atoms with E-state index < -0.39 is 11.5 Å². The Morgan fingerprint density at radius 2 is 1.51 bits per heavy atom. The molecule has 0 saturated carbocycles. The number of piperazine rings is 1. The summed E-state index contributed by atoms with van der Waals surface area (Å²) >= 11 is 0. The van der Waals surface area contributed by atoms with Crippen LogP contribution in [0, 0.1) is 11.3 Å². The maximum Gasteiger partial charge on any atom is 0.343 e. The molecule has 1 aromatic heterocycles. The summed E-state index contributed by atoms with van der Waals surface area (Å²) < 4.78 is 14.2. The Balaban J connectivity index is 1.13. The number of carbonyl (C=O) groups is 1. The molecule has 0 atom stereocenters. The highest BCUT2D eigenvalue weighted by Gasteiger charge is 2.24. The van der Waals surface area contributed by atoms with Gasteiger partial charge in [0.2, 0.25) is 5.36 Å². The molecule has 1 saturated heterocycles. The minimum atomic E-state index is -0.584. The number of fused-ring (bicyclic) bond motifs is 2. The van der Waals surface area contributed by atoms with Gasteiger partial charge < -0.3 is 23.5 Å². The zero-order chi connectivity index (χ0) is 34.5. The van der Waals surface area contributed by atoms with E-state index in [2.05, 4.69) is 90.6 Å². The largest absolute Gasteiger partial charge is 0.456 e. The van der Waals surface area contributed by atoms with Crippen molar-refractivity contribution in [3.05, 3.63) is 106 Å². The van der Waals surface area contributed by atoms with Crippen LogP contribution in [-0.4, -0.2) is 63.2 Å². The number of carbonyl (C=O) groups excluding carboxylic acids is 1. The normalized spacial score (nSPS) is 13.5. The van der Waals surface area contributed by atoms with Gasteiger partial charge in [-0.15, -0.1) is 0 Å². The van der Waals surface area contributed by atoms with E-state index >= 15 is 0 Å². The third-order valence-electron chi connectivity index (χ3n) is 9.37. The van der Waals surface area contributed by atoms with Gasteiger partial charge in [-0.2, -0.15) is 5.26 Å². The Morgan fingerprint density at radius 3 is 2.18 bits per heavy atom. The van der Waals surface area contributed by atoms with Crippen molar-refractivity contribution in [1.29, 1.82) is 5.26 Å². The molecule has 9 nitrogen and oxygen atoms in total. The fourth-order valence-electron chi connectivity index (χ4n) is 6.48. The van der Waals surface area contributed by atoms with Gasteiger partial charge >= 0.3 is 5.63 Å². The van der Waals surface area contributed by atoms with Crippen molar-refractivity contribution < 1.29 is 13.6 Å². The molecule has 0 radical (unpaired) electrons. The summed E-state index contributed by atoms with van der Waals surface area (Å²) in [6.45, 7) is 14.1. The molecule has 3 aromatic rings. The first-order valence-corrected chi connectivity index (χ1v) is 17.1. The highest BCUT2D eigenvalue weighted by molar-refractivity contribution is 6.02. The Morgan fingerprint density at radius 1 is 0.837 bits per heavy atom. The van der Waals surface area contributed by atoms with Crippen LogP contribution in [0.15, 0.2) is 98.1 Å². The lowest BCUT2D eigenvalue weighted by Crippen LogP contribution is -2.49. The van der Waals surface area contributed by atoms with Crippen LogP contribution in [0.25, 0.3) is 39.7 Å². The van der Waals surface area contributed by atoms with Crippen LogP contribution >= 0.6 is 0 Å². The van der Waals surface area contributed by atoms with E-state index in [4.69, 9.17) is 8.83 Å². The summed E-state index contributed by atoms with van der Waals surface area (Å²) in [5, 5.41) is 11.8. The van der Waals surface area contributed by atoms with Crippen molar-refractivity contribution in [3.8, 4) is 28.7 Å². The Labute approximate surface area is 286 Å². The number of benzene rings is 3. The maximum atomic E-state index is 13.4. The molecule has 9 heteroatoms.